The lowest BCUT2D eigenvalue weighted by Gasteiger charge is -2.03. The van der Waals surface area contributed by atoms with Gasteiger partial charge in [-0.3, -0.25) is 4.79 Å². The van der Waals surface area contributed by atoms with E-state index in [2.05, 4.69) is 27.3 Å². The molecule has 0 atom stereocenters. The Labute approximate surface area is 132 Å². The molecule has 1 amide bonds. The molecule has 2 rings (SSSR count). The molecule has 0 aliphatic heterocycles. The maximum Gasteiger partial charge on any atom is 0.248 e. The molecule has 3 nitrogen and oxygen atoms in total. The van der Waals surface area contributed by atoms with Crippen LogP contribution in [0.1, 0.15) is 11.1 Å². The summed E-state index contributed by atoms with van der Waals surface area (Å²) >= 11 is 3.43. The summed E-state index contributed by atoms with van der Waals surface area (Å²) in [7, 11) is 0. The van der Waals surface area contributed by atoms with Crippen LogP contribution in [0, 0.1) is 11.3 Å². The van der Waals surface area contributed by atoms with E-state index >= 15 is 0 Å². The van der Waals surface area contributed by atoms with Crippen LogP contribution in [0.5, 0.6) is 0 Å². The molecule has 2 aromatic carbocycles. The van der Waals surface area contributed by atoms with Crippen LogP contribution in [0.25, 0.3) is 6.08 Å². The third kappa shape index (κ3) is 4.59. The Morgan fingerprint density at radius 2 is 1.90 bits per heavy atom. The number of hydrogen-bond acceptors (Lipinski definition) is 2. The number of nitriles is 1. The Balaban J connectivity index is 1.99. The van der Waals surface area contributed by atoms with Gasteiger partial charge in [0.15, 0.2) is 0 Å². The molecule has 0 heterocycles. The van der Waals surface area contributed by atoms with Crippen molar-refractivity contribution in [2.45, 2.75) is 6.42 Å². The van der Waals surface area contributed by atoms with Crippen molar-refractivity contribution in [1.82, 2.24) is 0 Å². The zero-order valence-electron chi connectivity index (χ0n) is 11.2. The first-order valence-electron chi connectivity index (χ1n) is 6.38. The lowest BCUT2D eigenvalue weighted by atomic mass is 10.1. The predicted molar refractivity (Wildman–Crippen MR) is 87.6 cm³/mol. The van der Waals surface area contributed by atoms with Gasteiger partial charge in [0, 0.05) is 16.2 Å². The lowest BCUT2D eigenvalue weighted by molar-refractivity contribution is -0.111. The minimum atomic E-state index is -0.196. The van der Waals surface area contributed by atoms with Crippen molar-refractivity contribution in [1.29, 1.82) is 5.26 Å². The highest BCUT2D eigenvalue weighted by atomic mass is 79.9. The second-order valence-electron chi connectivity index (χ2n) is 4.38. The first-order chi connectivity index (χ1) is 10.2. The smallest absolute Gasteiger partial charge is 0.248 e. The summed E-state index contributed by atoms with van der Waals surface area (Å²) in [5.41, 5.74) is 2.58. The van der Waals surface area contributed by atoms with E-state index in [0.717, 1.165) is 15.6 Å². The second-order valence-corrected chi connectivity index (χ2v) is 5.23. The van der Waals surface area contributed by atoms with E-state index < -0.39 is 0 Å². The Hall–Kier alpha value is -2.38. The van der Waals surface area contributed by atoms with Gasteiger partial charge in [0.25, 0.3) is 0 Å². The molecule has 0 aliphatic rings. The Bertz CT molecular complexity index is 699. The van der Waals surface area contributed by atoms with Crippen LogP contribution in [0.2, 0.25) is 0 Å². The van der Waals surface area contributed by atoms with E-state index in [1.54, 1.807) is 18.2 Å². The second kappa shape index (κ2) is 7.41. The van der Waals surface area contributed by atoms with Gasteiger partial charge < -0.3 is 5.32 Å². The largest absolute Gasteiger partial charge is 0.323 e. The molecule has 0 spiro atoms. The van der Waals surface area contributed by atoms with Crippen LogP contribution < -0.4 is 5.32 Å². The topological polar surface area (TPSA) is 52.9 Å². The molecule has 21 heavy (non-hydrogen) atoms. The number of carbonyl (C=O) groups excluding carboxylic acids is 1. The van der Waals surface area contributed by atoms with Crippen LogP contribution in [0.15, 0.2) is 59.1 Å². The molecule has 104 valence electrons. The molecule has 0 saturated heterocycles. The summed E-state index contributed by atoms with van der Waals surface area (Å²) in [6, 6.07) is 17.0. The average Bonchev–Trinajstić information content (AvgIpc) is 2.49. The molecule has 4 heteroatoms. The molecule has 0 bridgehead atoms. The number of amides is 1. The van der Waals surface area contributed by atoms with Crippen molar-refractivity contribution in [3.8, 4) is 6.07 Å². The Morgan fingerprint density at radius 1 is 1.19 bits per heavy atom. The van der Waals surface area contributed by atoms with Crippen molar-refractivity contribution in [2.24, 2.45) is 0 Å². The van der Waals surface area contributed by atoms with Gasteiger partial charge in [-0.2, -0.15) is 5.26 Å². The monoisotopic (exact) mass is 340 g/mol. The van der Waals surface area contributed by atoms with Gasteiger partial charge in [0.1, 0.15) is 0 Å². The van der Waals surface area contributed by atoms with E-state index in [9.17, 15) is 4.79 Å². The van der Waals surface area contributed by atoms with Crippen molar-refractivity contribution in [3.05, 3.63) is 70.2 Å². The van der Waals surface area contributed by atoms with Crippen molar-refractivity contribution >= 4 is 33.6 Å². The van der Waals surface area contributed by atoms with Crippen LogP contribution in [-0.2, 0) is 11.2 Å². The highest BCUT2D eigenvalue weighted by Crippen LogP contribution is 2.17. The van der Waals surface area contributed by atoms with E-state index in [1.807, 2.05) is 36.4 Å². The summed E-state index contributed by atoms with van der Waals surface area (Å²) in [5.74, 6) is -0.196. The van der Waals surface area contributed by atoms with E-state index in [0.29, 0.717) is 12.1 Å². The van der Waals surface area contributed by atoms with Crippen LogP contribution in [0.3, 0.4) is 0 Å². The van der Waals surface area contributed by atoms with Crippen molar-refractivity contribution in [2.75, 3.05) is 5.32 Å². The fourth-order valence-electron chi connectivity index (χ4n) is 1.76. The van der Waals surface area contributed by atoms with E-state index in [1.165, 1.54) is 6.08 Å². The lowest BCUT2D eigenvalue weighted by Crippen LogP contribution is -2.07. The van der Waals surface area contributed by atoms with Crippen molar-refractivity contribution < 1.29 is 4.79 Å². The number of anilines is 1. The number of rotatable bonds is 4. The molecular formula is C17H13BrN2O. The highest BCUT2D eigenvalue weighted by molar-refractivity contribution is 9.10. The van der Waals surface area contributed by atoms with Gasteiger partial charge >= 0.3 is 0 Å². The average molecular weight is 341 g/mol. The molecule has 0 unspecified atom stereocenters. The minimum absolute atomic E-state index is 0.196. The molecular weight excluding hydrogens is 328 g/mol. The molecule has 0 aliphatic carbocycles. The van der Waals surface area contributed by atoms with Gasteiger partial charge in [0.2, 0.25) is 5.91 Å². The van der Waals surface area contributed by atoms with E-state index in [4.69, 9.17) is 5.26 Å². The van der Waals surface area contributed by atoms with Gasteiger partial charge in [-0.1, -0.05) is 46.3 Å². The fraction of sp³-hybridized carbons (Fsp3) is 0.0588. The van der Waals surface area contributed by atoms with Gasteiger partial charge in [-0.05, 0) is 35.4 Å². The Kier molecular flexibility index (Phi) is 5.30. The number of halogens is 1. The van der Waals surface area contributed by atoms with Gasteiger partial charge in [0.05, 0.1) is 12.5 Å². The molecule has 1 N–H and O–H groups in total. The number of hydrogen-bond donors (Lipinski definition) is 1. The summed E-state index contributed by atoms with van der Waals surface area (Å²) in [5, 5.41) is 11.4. The van der Waals surface area contributed by atoms with Crippen LogP contribution in [0.4, 0.5) is 5.69 Å². The first kappa shape index (κ1) is 15.0. The zero-order chi connectivity index (χ0) is 15.1. The maximum absolute atomic E-state index is 11.8. The molecule has 0 fully saturated rings. The molecule has 0 aromatic heterocycles. The predicted octanol–water partition coefficient (Wildman–Crippen LogP) is 4.17. The summed E-state index contributed by atoms with van der Waals surface area (Å²) < 4.78 is 0.940. The number of nitrogens with one attached hydrogen (secondary N) is 1. The summed E-state index contributed by atoms with van der Waals surface area (Å²) in [6.45, 7) is 0. The Morgan fingerprint density at radius 3 is 2.57 bits per heavy atom. The molecule has 0 radical (unpaired) electrons. The van der Waals surface area contributed by atoms with Crippen LogP contribution >= 0.6 is 15.9 Å². The third-order valence-corrected chi connectivity index (χ3v) is 3.55. The van der Waals surface area contributed by atoms with E-state index in [-0.39, 0.29) is 5.91 Å². The van der Waals surface area contributed by atoms with Gasteiger partial charge in [-0.25, -0.2) is 0 Å². The van der Waals surface area contributed by atoms with Crippen LogP contribution in [-0.4, -0.2) is 5.91 Å². The maximum atomic E-state index is 11.8. The quantitative estimate of drug-likeness (QED) is 0.849. The number of carbonyl (C=O) groups is 1. The molecule has 2 aromatic rings. The van der Waals surface area contributed by atoms with Crippen molar-refractivity contribution in [3.63, 3.8) is 0 Å². The standard InChI is InChI=1S/C17H13BrN2O/c18-16-4-2-1-3-14(16)7-10-17(21)20-15-8-5-13(6-9-15)11-12-19/h1-10H,11H2,(H,20,21). The summed E-state index contributed by atoms with van der Waals surface area (Å²) in [6.07, 6.45) is 3.61. The highest BCUT2D eigenvalue weighted by Gasteiger charge is 1.99. The zero-order valence-corrected chi connectivity index (χ0v) is 12.8. The summed E-state index contributed by atoms with van der Waals surface area (Å²) in [4.78, 5) is 11.8. The minimum Gasteiger partial charge on any atom is -0.323 e. The number of benzene rings is 2. The SMILES string of the molecule is N#CCc1ccc(NC(=O)C=Cc2ccccc2Br)cc1. The first-order valence-corrected chi connectivity index (χ1v) is 7.18. The fourth-order valence-corrected chi connectivity index (χ4v) is 2.17. The normalized spacial score (nSPS) is 10.3. The third-order valence-electron chi connectivity index (χ3n) is 2.82. The number of nitrogens with zero attached hydrogens (tertiary/aromatic N) is 1. The van der Waals surface area contributed by atoms with Gasteiger partial charge in [-0.15, -0.1) is 0 Å². The molecule has 0 saturated carbocycles.